The Balaban J connectivity index is 1.54. The van der Waals surface area contributed by atoms with Gasteiger partial charge in [-0.1, -0.05) is 0 Å². The number of rotatable bonds is 6. The van der Waals surface area contributed by atoms with Crippen LogP contribution in [0.2, 0.25) is 0 Å². The van der Waals surface area contributed by atoms with Gasteiger partial charge in [0, 0.05) is 65.3 Å². The minimum absolute atomic E-state index is 0.160. The Bertz CT molecular complexity index is 565. The molecule has 0 aromatic carbocycles. The number of piperazine rings is 1. The number of carbonyl (C=O) groups is 1. The summed E-state index contributed by atoms with van der Waals surface area (Å²) in [4.78, 5) is 27.2. The molecule has 3 heterocycles. The van der Waals surface area contributed by atoms with Gasteiger partial charge in [-0.15, -0.1) is 0 Å². The molecule has 0 spiro atoms. The van der Waals surface area contributed by atoms with Gasteiger partial charge in [0.25, 0.3) is 5.91 Å². The van der Waals surface area contributed by atoms with Gasteiger partial charge in [0.2, 0.25) is 0 Å². The first-order valence-electron chi connectivity index (χ1n) is 8.86. The first kappa shape index (κ1) is 18.0. The van der Waals surface area contributed by atoms with Gasteiger partial charge in [-0.25, -0.2) is 4.98 Å². The first-order valence-corrected chi connectivity index (χ1v) is 8.86. The summed E-state index contributed by atoms with van der Waals surface area (Å²) in [5, 5.41) is 10.9. The minimum Gasteiger partial charge on any atom is -0.383 e. The Morgan fingerprint density at radius 3 is 2.72 bits per heavy atom. The van der Waals surface area contributed by atoms with E-state index < -0.39 is 5.60 Å². The topological polar surface area (TPSA) is 82.0 Å². The number of hydrogen-bond donors (Lipinski definition) is 1. The highest BCUT2D eigenvalue weighted by molar-refractivity contribution is 5.86. The molecular formula is C17H27N5O3. The fourth-order valence-corrected chi connectivity index (χ4v) is 3.59. The third-order valence-electron chi connectivity index (χ3n) is 5.00. The normalized spacial score (nSPS) is 25.4. The average Bonchev–Trinajstić information content (AvgIpc) is 2.64. The predicted octanol–water partition coefficient (Wildman–Crippen LogP) is -0.401. The van der Waals surface area contributed by atoms with Crippen molar-refractivity contribution in [3.63, 3.8) is 0 Å². The molecule has 8 nitrogen and oxygen atoms in total. The van der Waals surface area contributed by atoms with Crippen LogP contribution in [0, 0.1) is 0 Å². The lowest BCUT2D eigenvalue weighted by Gasteiger charge is -2.43. The van der Waals surface area contributed by atoms with Crippen molar-refractivity contribution in [3.05, 3.63) is 18.6 Å². The Hall–Kier alpha value is -1.77. The molecule has 3 rings (SSSR count). The number of likely N-dealkylation sites (tertiary alicyclic amines) is 1. The van der Waals surface area contributed by atoms with Gasteiger partial charge in [-0.3, -0.25) is 14.7 Å². The van der Waals surface area contributed by atoms with E-state index >= 15 is 0 Å². The number of anilines is 1. The Labute approximate surface area is 148 Å². The SMILES string of the molecule is COCCN1CCC[C@](O)(CN2CCN(c3cnccn3)CC2)C1=O. The second-order valence-electron chi connectivity index (χ2n) is 6.75. The number of hydrogen-bond acceptors (Lipinski definition) is 7. The van der Waals surface area contributed by atoms with E-state index in [1.54, 1.807) is 30.6 Å². The second kappa shape index (κ2) is 8.07. The highest BCUT2D eigenvalue weighted by atomic mass is 16.5. The number of aromatic nitrogens is 2. The highest BCUT2D eigenvalue weighted by Gasteiger charge is 2.43. The summed E-state index contributed by atoms with van der Waals surface area (Å²) in [5.41, 5.74) is -1.28. The van der Waals surface area contributed by atoms with Crippen molar-refractivity contribution >= 4 is 11.7 Å². The summed E-state index contributed by atoms with van der Waals surface area (Å²) in [7, 11) is 1.62. The lowest BCUT2D eigenvalue weighted by atomic mass is 9.91. The Kier molecular flexibility index (Phi) is 5.82. The molecule has 1 aromatic rings. The molecule has 1 N–H and O–H groups in total. The molecule has 138 valence electrons. The highest BCUT2D eigenvalue weighted by Crippen LogP contribution is 2.24. The van der Waals surface area contributed by atoms with E-state index in [-0.39, 0.29) is 5.91 Å². The summed E-state index contributed by atoms with van der Waals surface area (Å²) >= 11 is 0. The van der Waals surface area contributed by atoms with E-state index in [0.29, 0.717) is 32.7 Å². The predicted molar refractivity (Wildman–Crippen MR) is 93.3 cm³/mol. The van der Waals surface area contributed by atoms with Gasteiger partial charge in [0.1, 0.15) is 5.82 Å². The average molecular weight is 349 g/mol. The molecule has 2 aliphatic heterocycles. The maximum absolute atomic E-state index is 12.7. The molecule has 8 heteroatoms. The smallest absolute Gasteiger partial charge is 0.255 e. The van der Waals surface area contributed by atoms with Crippen LogP contribution < -0.4 is 4.90 Å². The van der Waals surface area contributed by atoms with Gasteiger partial charge in [0.15, 0.2) is 5.60 Å². The largest absolute Gasteiger partial charge is 0.383 e. The number of ether oxygens (including phenoxy) is 1. The van der Waals surface area contributed by atoms with Crippen molar-refractivity contribution in [2.24, 2.45) is 0 Å². The van der Waals surface area contributed by atoms with Gasteiger partial charge >= 0.3 is 0 Å². The zero-order valence-electron chi connectivity index (χ0n) is 14.8. The Morgan fingerprint density at radius 2 is 2.04 bits per heavy atom. The van der Waals surface area contributed by atoms with Crippen LogP contribution in [0.5, 0.6) is 0 Å². The maximum Gasteiger partial charge on any atom is 0.255 e. The van der Waals surface area contributed by atoms with Crippen LogP contribution in [0.15, 0.2) is 18.6 Å². The number of piperidine rings is 1. The molecule has 0 radical (unpaired) electrons. The number of amides is 1. The van der Waals surface area contributed by atoms with Crippen LogP contribution in [0.4, 0.5) is 5.82 Å². The van der Waals surface area contributed by atoms with Crippen molar-refractivity contribution in [1.82, 2.24) is 19.8 Å². The molecule has 0 unspecified atom stereocenters. The van der Waals surface area contributed by atoms with Crippen molar-refractivity contribution in [3.8, 4) is 0 Å². The monoisotopic (exact) mass is 349 g/mol. The van der Waals surface area contributed by atoms with Crippen LogP contribution >= 0.6 is 0 Å². The van der Waals surface area contributed by atoms with Gasteiger partial charge in [-0.2, -0.15) is 0 Å². The van der Waals surface area contributed by atoms with E-state index in [9.17, 15) is 9.90 Å². The molecule has 2 aliphatic rings. The zero-order valence-corrected chi connectivity index (χ0v) is 14.8. The number of aliphatic hydroxyl groups is 1. The minimum atomic E-state index is -1.28. The third-order valence-corrected chi connectivity index (χ3v) is 5.00. The molecule has 2 saturated heterocycles. The number of methoxy groups -OCH3 is 1. The van der Waals surface area contributed by atoms with Crippen LogP contribution in [-0.4, -0.2) is 95.9 Å². The summed E-state index contributed by atoms with van der Waals surface area (Å²) in [6.07, 6.45) is 6.48. The third kappa shape index (κ3) is 4.26. The summed E-state index contributed by atoms with van der Waals surface area (Å²) < 4.78 is 5.06. The Morgan fingerprint density at radius 1 is 1.24 bits per heavy atom. The maximum atomic E-state index is 12.7. The number of β-amino-alcohol motifs (C(OH)–C–C–N with tert-alkyl or cyclic N) is 1. The molecule has 0 aliphatic carbocycles. The van der Waals surface area contributed by atoms with Gasteiger partial charge in [0.05, 0.1) is 12.8 Å². The standard InChI is InChI=1S/C17H27N5O3/c1-25-12-11-22-6-2-3-17(24,16(22)23)14-20-7-9-21(10-8-20)15-13-18-4-5-19-15/h4-5,13,24H,2-3,6-12,14H2,1H3/t17-/m0/s1. The van der Waals surface area contributed by atoms with Gasteiger partial charge < -0.3 is 19.6 Å². The van der Waals surface area contributed by atoms with E-state index in [4.69, 9.17) is 4.74 Å². The van der Waals surface area contributed by atoms with Crippen molar-refractivity contribution in [1.29, 1.82) is 0 Å². The number of nitrogens with zero attached hydrogens (tertiary/aromatic N) is 5. The quantitative estimate of drug-likeness (QED) is 0.748. The molecule has 1 amide bonds. The van der Waals surface area contributed by atoms with Crippen LogP contribution in [0.3, 0.4) is 0 Å². The summed E-state index contributed by atoms with van der Waals surface area (Å²) in [6, 6.07) is 0. The van der Waals surface area contributed by atoms with Gasteiger partial charge in [-0.05, 0) is 12.8 Å². The molecule has 0 saturated carbocycles. The first-order chi connectivity index (χ1) is 12.1. The molecule has 1 atom stereocenters. The fraction of sp³-hybridized carbons (Fsp3) is 0.706. The lowest BCUT2D eigenvalue weighted by Crippen LogP contribution is -2.61. The van der Waals surface area contributed by atoms with E-state index in [2.05, 4.69) is 19.8 Å². The van der Waals surface area contributed by atoms with Crippen molar-refractivity contribution in [2.75, 3.05) is 64.4 Å². The molecule has 2 fully saturated rings. The van der Waals surface area contributed by atoms with Crippen molar-refractivity contribution < 1.29 is 14.6 Å². The molecular weight excluding hydrogens is 322 g/mol. The lowest BCUT2D eigenvalue weighted by molar-refractivity contribution is -0.160. The molecule has 25 heavy (non-hydrogen) atoms. The van der Waals surface area contributed by atoms with Crippen molar-refractivity contribution in [2.45, 2.75) is 18.4 Å². The molecule has 0 bridgehead atoms. The summed E-state index contributed by atoms with van der Waals surface area (Å²) in [6.45, 7) is 5.35. The van der Waals surface area contributed by atoms with E-state index in [1.807, 2.05) is 0 Å². The van der Waals surface area contributed by atoms with Crippen LogP contribution in [0.1, 0.15) is 12.8 Å². The second-order valence-corrected chi connectivity index (χ2v) is 6.75. The molecule has 1 aromatic heterocycles. The van der Waals surface area contributed by atoms with E-state index in [1.165, 1.54) is 0 Å². The fourth-order valence-electron chi connectivity index (χ4n) is 3.59. The van der Waals surface area contributed by atoms with E-state index in [0.717, 1.165) is 38.4 Å². The summed E-state index contributed by atoms with van der Waals surface area (Å²) in [5.74, 6) is 0.715. The number of carbonyl (C=O) groups excluding carboxylic acids is 1. The van der Waals surface area contributed by atoms with Crippen LogP contribution in [-0.2, 0) is 9.53 Å². The zero-order chi connectivity index (χ0) is 17.7. The van der Waals surface area contributed by atoms with Crippen LogP contribution in [0.25, 0.3) is 0 Å².